The molecule has 0 radical (unpaired) electrons. The molecule has 212 valence electrons. The highest BCUT2D eigenvalue weighted by Gasteiger charge is 2.37. The van der Waals surface area contributed by atoms with Gasteiger partial charge in [-0.2, -0.15) is 0 Å². The number of ketones is 1. The summed E-state index contributed by atoms with van der Waals surface area (Å²) < 4.78 is 12.4. The Morgan fingerprint density at radius 3 is 2.55 bits per heavy atom. The number of carbonyl (C=O) groups is 4. The molecule has 9 heteroatoms. The molecule has 0 spiro atoms. The van der Waals surface area contributed by atoms with E-state index in [1.165, 1.54) is 0 Å². The molecule has 1 fully saturated rings. The number of unbranched alkanes of at least 4 members (excludes halogenated alkanes) is 1. The van der Waals surface area contributed by atoms with Gasteiger partial charge in [0.25, 0.3) is 5.91 Å². The van der Waals surface area contributed by atoms with Crippen molar-refractivity contribution in [3.05, 3.63) is 65.9 Å². The number of hydrogen-bond donors (Lipinski definition) is 2. The first-order valence-electron chi connectivity index (χ1n) is 13.8. The Morgan fingerprint density at radius 2 is 1.82 bits per heavy atom. The lowest BCUT2D eigenvalue weighted by Crippen LogP contribution is -2.51. The number of rotatable bonds is 12. The molecule has 3 aromatic rings. The maximum Gasteiger partial charge on any atom is 0.311 e. The molecule has 40 heavy (non-hydrogen) atoms. The lowest BCUT2D eigenvalue weighted by Gasteiger charge is -2.24. The van der Waals surface area contributed by atoms with Gasteiger partial charge in [-0.05, 0) is 43.5 Å². The summed E-state index contributed by atoms with van der Waals surface area (Å²) in [5, 5.41) is 6.76. The van der Waals surface area contributed by atoms with Crippen LogP contribution in [0.4, 0.5) is 0 Å². The van der Waals surface area contributed by atoms with Crippen molar-refractivity contribution in [1.82, 2.24) is 15.2 Å². The summed E-state index contributed by atoms with van der Waals surface area (Å²) in [7, 11) is 3.40. The van der Waals surface area contributed by atoms with Gasteiger partial charge >= 0.3 is 5.97 Å². The lowest BCUT2D eigenvalue weighted by molar-refractivity contribution is -0.148. The van der Waals surface area contributed by atoms with Gasteiger partial charge in [0.05, 0.1) is 13.0 Å². The number of amides is 2. The van der Waals surface area contributed by atoms with Crippen LogP contribution in [0.2, 0.25) is 0 Å². The molecule has 1 aromatic heterocycles. The summed E-state index contributed by atoms with van der Waals surface area (Å²) in [6, 6.07) is 14.9. The predicted octanol–water partition coefficient (Wildman–Crippen LogP) is 4.19. The summed E-state index contributed by atoms with van der Waals surface area (Å²) >= 11 is 0. The van der Waals surface area contributed by atoms with Gasteiger partial charge in [0.2, 0.25) is 5.91 Å². The van der Waals surface area contributed by atoms with E-state index in [1.54, 1.807) is 42.0 Å². The largest absolute Gasteiger partial charge is 0.497 e. The van der Waals surface area contributed by atoms with E-state index in [0.29, 0.717) is 36.3 Å². The van der Waals surface area contributed by atoms with Gasteiger partial charge in [0.15, 0.2) is 12.4 Å². The van der Waals surface area contributed by atoms with E-state index in [-0.39, 0.29) is 24.2 Å². The Hall–Kier alpha value is -4.14. The molecule has 1 saturated carbocycles. The SMILES string of the molecule is CCCC[C@H](NC(=O)c1cc2cc(OC)ccc2n1C)C(=O)N[C@H]1CCC[C@H]1C(=O)OCC(=O)c1ccccc1. The third-order valence-electron chi connectivity index (χ3n) is 7.54. The number of carbonyl (C=O) groups excluding carboxylic acids is 4. The van der Waals surface area contributed by atoms with Crippen molar-refractivity contribution in [2.45, 2.75) is 57.5 Å². The van der Waals surface area contributed by atoms with Crippen molar-refractivity contribution in [1.29, 1.82) is 0 Å². The van der Waals surface area contributed by atoms with Gasteiger partial charge in [-0.15, -0.1) is 0 Å². The zero-order valence-corrected chi connectivity index (χ0v) is 23.3. The second-order valence-electron chi connectivity index (χ2n) is 10.2. The van der Waals surface area contributed by atoms with Gasteiger partial charge in [-0.3, -0.25) is 19.2 Å². The number of Topliss-reactive ketones (excluding diaryl/α,β-unsaturated/α-hetero) is 1. The number of methoxy groups -OCH3 is 1. The maximum atomic E-state index is 13.4. The summed E-state index contributed by atoms with van der Waals surface area (Å²) in [5.41, 5.74) is 1.79. The molecule has 0 aliphatic heterocycles. The summed E-state index contributed by atoms with van der Waals surface area (Å²) in [6.07, 6.45) is 4.03. The number of aryl methyl sites for hydroxylation is 1. The van der Waals surface area contributed by atoms with Crippen LogP contribution in [0.3, 0.4) is 0 Å². The second kappa shape index (κ2) is 13.3. The number of esters is 1. The van der Waals surface area contributed by atoms with E-state index < -0.39 is 24.0 Å². The second-order valence-corrected chi connectivity index (χ2v) is 10.2. The molecule has 0 bridgehead atoms. The van der Waals surface area contributed by atoms with Crippen LogP contribution >= 0.6 is 0 Å². The van der Waals surface area contributed by atoms with E-state index in [1.807, 2.05) is 38.2 Å². The molecule has 0 unspecified atom stereocenters. The first kappa shape index (κ1) is 28.9. The summed E-state index contributed by atoms with van der Waals surface area (Å²) in [6.45, 7) is 1.68. The zero-order valence-electron chi connectivity index (χ0n) is 23.3. The number of hydrogen-bond acceptors (Lipinski definition) is 6. The average Bonchev–Trinajstić information content (AvgIpc) is 3.57. The van der Waals surface area contributed by atoms with Crippen molar-refractivity contribution >= 4 is 34.5 Å². The number of fused-ring (bicyclic) bond motifs is 1. The van der Waals surface area contributed by atoms with E-state index in [2.05, 4.69) is 10.6 Å². The Labute approximate surface area is 234 Å². The highest BCUT2D eigenvalue weighted by Crippen LogP contribution is 2.28. The molecule has 4 rings (SSSR count). The first-order chi connectivity index (χ1) is 19.3. The molecular weight excluding hydrogens is 510 g/mol. The predicted molar refractivity (Wildman–Crippen MR) is 151 cm³/mol. The molecule has 2 aromatic carbocycles. The quantitative estimate of drug-likeness (QED) is 0.260. The third-order valence-corrected chi connectivity index (χ3v) is 7.54. The Morgan fingerprint density at radius 1 is 1.05 bits per heavy atom. The molecular formula is C31H37N3O6. The Balaban J connectivity index is 1.40. The van der Waals surface area contributed by atoms with Crippen molar-refractivity contribution in [2.24, 2.45) is 13.0 Å². The highest BCUT2D eigenvalue weighted by atomic mass is 16.5. The molecule has 2 N–H and O–H groups in total. The molecule has 1 heterocycles. The minimum Gasteiger partial charge on any atom is -0.497 e. The zero-order chi connectivity index (χ0) is 28.6. The Bertz CT molecular complexity index is 1370. The number of nitrogens with zero attached hydrogens (tertiary/aromatic N) is 1. The van der Waals surface area contributed by atoms with Crippen LogP contribution in [0, 0.1) is 5.92 Å². The third kappa shape index (κ3) is 6.70. The van der Waals surface area contributed by atoms with Crippen LogP contribution in [-0.4, -0.2) is 53.9 Å². The fraction of sp³-hybridized carbons (Fsp3) is 0.419. The topological polar surface area (TPSA) is 116 Å². The van der Waals surface area contributed by atoms with Gasteiger partial charge in [-0.25, -0.2) is 0 Å². The average molecular weight is 548 g/mol. The minimum absolute atomic E-state index is 0.276. The van der Waals surface area contributed by atoms with Crippen molar-refractivity contribution in [2.75, 3.05) is 13.7 Å². The minimum atomic E-state index is -0.753. The maximum absolute atomic E-state index is 13.4. The number of ether oxygens (including phenoxy) is 2. The number of benzene rings is 2. The van der Waals surface area contributed by atoms with Crippen LogP contribution in [0.15, 0.2) is 54.6 Å². The summed E-state index contributed by atoms with van der Waals surface area (Å²) in [5.74, 6) is -1.29. The van der Waals surface area contributed by atoms with Gasteiger partial charge < -0.3 is 24.7 Å². The van der Waals surface area contributed by atoms with E-state index in [4.69, 9.17) is 9.47 Å². The van der Waals surface area contributed by atoms with Crippen molar-refractivity contribution in [3.63, 3.8) is 0 Å². The Kier molecular flexibility index (Phi) is 9.58. The van der Waals surface area contributed by atoms with E-state index >= 15 is 0 Å². The molecule has 2 amide bonds. The fourth-order valence-electron chi connectivity index (χ4n) is 5.23. The molecule has 1 aliphatic rings. The van der Waals surface area contributed by atoms with E-state index in [9.17, 15) is 19.2 Å². The highest BCUT2D eigenvalue weighted by molar-refractivity contribution is 6.01. The van der Waals surface area contributed by atoms with Crippen LogP contribution in [0.5, 0.6) is 5.75 Å². The molecule has 0 saturated heterocycles. The first-order valence-corrected chi connectivity index (χ1v) is 13.8. The molecule has 3 atom stereocenters. The summed E-state index contributed by atoms with van der Waals surface area (Å²) in [4.78, 5) is 51.9. The molecule has 1 aliphatic carbocycles. The molecule has 9 nitrogen and oxygen atoms in total. The van der Waals surface area contributed by atoms with Gasteiger partial charge in [0.1, 0.15) is 17.5 Å². The van der Waals surface area contributed by atoms with Crippen LogP contribution in [-0.2, 0) is 21.4 Å². The van der Waals surface area contributed by atoms with Crippen molar-refractivity contribution < 1.29 is 28.7 Å². The van der Waals surface area contributed by atoms with Crippen LogP contribution < -0.4 is 15.4 Å². The standard InChI is InChI=1S/C31H37N3O6/c1-4-5-13-25(33-30(37)27-18-21-17-22(39-3)15-16-26(21)34(27)2)29(36)32-24-14-9-12-23(24)31(38)40-19-28(35)20-10-7-6-8-11-20/h6-8,10-11,15-18,23-25H,4-5,9,12-14,19H2,1-3H3,(H,32,36)(H,33,37)/t23-,24+,25+/m1/s1. The lowest BCUT2D eigenvalue weighted by atomic mass is 10.0. The number of nitrogens with one attached hydrogen (secondary N) is 2. The van der Waals surface area contributed by atoms with Crippen molar-refractivity contribution in [3.8, 4) is 5.75 Å². The monoisotopic (exact) mass is 547 g/mol. The normalized spacial score (nSPS) is 17.3. The number of aromatic nitrogens is 1. The smallest absolute Gasteiger partial charge is 0.311 e. The van der Waals surface area contributed by atoms with E-state index in [0.717, 1.165) is 30.2 Å². The van der Waals surface area contributed by atoms with Gasteiger partial charge in [0, 0.05) is 29.6 Å². The fourth-order valence-corrected chi connectivity index (χ4v) is 5.23. The van der Waals surface area contributed by atoms with Crippen LogP contribution in [0.1, 0.15) is 66.3 Å². The van der Waals surface area contributed by atoms with Gasteiger partial charge in [-0.1, -0.05) is 56.5 Å². The van der Waals surface area contributed by atoms with Crippen LogP contribution in [0.25, 0.3) is 10.9 Å².